The van der Waals surface area contributed by atoms with Gasteiger partial charge in [-0.05, 0) is 67.3 Å². The highest BCUT2D eigenvalue weighted by Gasteiger charge is 2.42. The maximum Gasteiger partial charge on any atom is 0.338 e. The van der Waals surface area contributed by atoms with E-state index in [1.54, 1.807) is 23.5 Å². The third kappa shape index (κ3) is 4.79. The highest BCUT2D eigenvalue weighted by Crippen LogP contribution is 2.60. The Morgan fingerprint density at radius 1 is 1.11 bits per heavy atom. The Balaban J connectivity index is 1.62. The van der Waals surface area contributed by atoms with E-state index < -0.39 is 28.1 Å². The van der Waals surface area contributed by atoms with Gasteiger partial charge in [0.1, 0.15) is 5.82 Å². The predicted molar refractivity (Wildman–Crippen MR) is 138 cm³/mol. The third-order valence-electron chi connectivity index (χ3n) is 7.84. The molecule has 1 heterocycles. The molecule has 0 bridgehead atoms. The third-order valence-corrected chi connectivity index (χ3v) is 10.1. The van der Waals surface area contributed by atoms with E-state index in [1.165, 1.54) is 31.4 Å². The summed E-state index contributed by atoms with van der Waals surface area (Å²) < 4.78 is 39.1. The Morgan fingerprint density at radius 3 is 2.49 bits per heavy atom. The van der Waals surface area contributed by atoms with Gasteiger partial charge in [-0.15, -0.1) is 10.8 Å². The summed E-state index contributed by atoms with van der Waals surface area (Å²) in [5.74, 6) is -1.22. The molecule has 0 radical (unpaired) electrons. The van der Waals surface area contributed by atoms with Crippen molar-refractivity contribution in [1.29, 1.82) is 0 Å². The number of anilines is 1. The maximum atomic E-state index is 14.0. The average Bonchev–Trinajstić information content (AvgIpc) is 3.66. The number of hydrogen-bond acceptors (Lipinski definition) is 5. The maximum absolute atomic E-state index is 14.0. The lowest BCUT2D eigenvalue weighted by atomic mass is 9.83. The van der Waals surface area contributed by atoms with Crippen LogP contribution in [0.15, 0.2) is 35.2 Å². The van der Waals surface area contributed by atoms with Crippen molar-refractivity contribution in [2.45, 2.75) is 55.9 Å². The molecule has 190 valence electrons. The van der Waals surface area contributed by atoms with Gasteiger partial charge in [-0.3, -0.25) is 9.11 Å². The number of aromatic carboxylic acids is 1. The highest BCUT2D eigenvalue weighted by molar-refractivity contribution is 8.22. The van der Waals surface area contributed by atoms with Crippen LogP contribution in [0.4, 0.5) is 10.1 Å². The number of fused-ring (bicyclic) bond motifs is 1. The lowest BCUT2D eigenvalue weighted by Crippen LogP contribution is -2.46. The van der Waals surface area contributed by atoms with Gasteiger partial charge in [0.25, 0.3) is 0 Å². The second-order valence-electron chi connectivity index (χ2n) is 10.2. The van der Waals surface area contributed by atoms with Gasteiger partial charge in [0.15, 0.2) is 0 Å². The molecule has 2 aliphatic carbocycles. The Hall–Kier alpha value is -1.84. The standard InChI is InChI=1S/C26H32ClFN2O4S/c1-29-24(17-5-3-2-4-6-17)15-30(14-16-7-8-16)23-13-21(27)19(12-25(23)35(29,33)34)18-9-10-22(28)20(11-18)26(31)32/h9-13,16-17,24,33-34H,2-8,14-15H2,1H3,(H,31,32). The summed E-state index contributed by atoms with van der Waals surface area (Å²) in [4.78, 5) is 14.1. The molecule has 9 heteroatoms. The van der Waals surface area contributed by atoms with Gasteiger partial charge in [-0.25, -0.2) is 9.18 Å². The van der Waals surface area contributed by atoms with E-state index in [-0.39, 0.29) is 6.04 Å². The molecule has 2 saturated carbocycles. The molecule has 1 aliphatic heterocycles. The minimum atomic E-state index is -3.34. The van der Waals surface area contributed by atoms with Crippen molar-refractivity contribution in [3.8, 4) is 11.1 Å². The number of hydrogen-bond donors (Lipinski definition) is 3. The highest BCUT2D eigenvalue weighted by atomic mass is 35.5. The van der Waals surface area contributed by atoms with Crippen LogP contribution in [0.25, 0.3) is 11.1 Å². The van der Waals surface area contributed by atoms with E-state index >= 15 is 0 Å². The largest absolute Gasteiger partial charge is 0.478 e. The fourth-order valence-electron chi connectivity index (χ4n) is 5.62. The zero-order chi connectivity index (χ0) is 24.9. The number of nitrogens with zero attached hydrogens (tertiary/aromatic N) is 2. The predicted octanol–water partition coefficient (Wildman–Crippen LogP) is 6.98. The van der Waals surface area contributed by atoms with Crippen LogP contribution in [0.1, 0.15) is 55.3 Å². The van der Waals surface area contributed by atoms with Crippen molar-refractivity contribution in [2.24, 2.45) is 11.8 Å². The Kier molecular flexibility index (Phi) is 6.78. The Morgan fingerprint density at radius 2 is 1.83 bits per heavy atom. The molecule has 6 nitrogen and oxygen atoms in total. The van der Waals surface area contributed by atoms with Crippen molar-refractivity contribution < 1.29 is 23.4 Å². The lowest BCUT2D eigenvalue weighted by Gasteiger charge is -2.46. The summed E-state index contributed by atoms with van der Waals surface area (Å²) in [7, 11) is -1.54. The van der Waals surface area contributed by atoms with Crippen molar-refractivity contribution in [3.05, 3.63) is 46.7 Å². The number of carboxylic acids is 1. The van der Waals surface area contributed by atoms with Crippen molar-refractivity contribution in [1.82, 2.24) is 4.31 Å². The molecule has 2 aromatic carbocycles. The zero-order valence-corrected chi connectivity index (χ0v) is 21.4. The van der Waals surface area contributed by atoms with E-state index in [0.717, 1.165) is 44.0 Å². The van der Waals surface area contributed by atoms with Crippen LogP contribution in [0.5, 0.6) is 0 Å². The van der Waals surface area contributed by atoms with E-state index in [2.05, 4.69) is 4.90 Å². The monoisotopic (exact) mass is 522 g/mol. The smallest absolute Gasteiger partial charge is 0.338 e. The van der Waals surface area contributed by atoms with Gasteiger partial charge in [-0.1, -0.05) is 36.9 Å². The van der Waals surface area contributed by atoms with Gasteiger partial charge in [0.05, 0.1) is 21.2 Å². The number of carboxylic acid groups (broad SMARTS) is 1. The van der Waals surface area contributed by atoms with E-state index in [0.29, 0.717) is 39.4 Å². The summed E-state index contributed by atoms with van der Waals surface area (Å²) in [6.45, 7) is 1.55. The van der Waals surface area contributed by atoms with Crippen molar-refractivity contribution in [3.63, 3.8) is 0 Å². The fourth-order valence-corrected chi connectivity index (χ4v) is 7.56. The molecule has 3 aliphatic rings. The van der Waals surface area contributed by atoms with Gasteiger partial charge in [0.2, 0.25) is 0 Å². The molecule has 1 atom stereocenters. The molecular formula is C26H32ClFN2O4S. The van der Waals surface area contributed by atoms with Crippen LogP contribution in [0.2, 0.25) is 5.02 Å². The second kappa shape index (κ2) is 9.56. The quantitative estimate of drug-likeness (QED) is 0.393. The first-order valence-corrected chi connectivity index (χ1v) is 14.2. The van der Waals surface area contributed by atoms with Gasteiger partial charge >= 0.3 is 5.97 Å². The zero-order valence-electron chi connectivity index (χ0n) is 19.8. The topological polar surface area (TPSA) is 84.2 Å². The first-order valence-electron chi connectivity index (χ1n) is 12.3. The van der Waals surface area contributed by atoms with Gasteiger partial charge in [-0.2, -0.15) is 4.31 Å². The number of rotatable bonds is 5. The van der Waals surface area contributed by atoms with E-state index in [4.69, 9.17) is 11.6 Å². The van der Waals surface area contributed by atoms with E-state index in [9.17, 15) is 23.4 Å². The molecule has 3 N–H and O–H groups in total. The summed E-state index contributed by atoms with van der Waals surface area (Å²) in [5, 5.41) is 9.73. The lowest BCUT2D eigenvalue weighted by molar-refractivity contribution is 0.0692. The normalized spacial score (nSPS) is 24.0. The average molecular weight is 523 g/mol. The van der Waals surface area contributed by atoms with Crippen LogP contribution >= 0.6 is 22.4 Å². The minimum absolute atomic E-state index is 0.00175. The summed E-state index contributed by atoms with van der Waals surface area (Å²) in [5.41, 5.74) is 1.13. The number of carbonyl (C=O) groups is 1. The van der Waals surface area contributed by atoms with Gasteiger partial charge < -0.3 is 10.0 Å². The van der Waals surface area contributed by atoms with E-state index in [1.807, 2.05) is 0 Å². The Bertz CT molecular complexity index is 1140. The number of halogens is 2. The summed E-state index contributed by atoms with van der Waals surface area (Å²) in [6, 6.07) is 7.23. The fraction of sp³-hybridized carbons (Fsp3) is 0.500. The second-order valence-corrected chi connectivity index (χ2v) is 12.6. The first kappa shape index (κ1) is 24.8. The molecule has 0 saturated heterocycles. The van der Waals surface area contributed by atoms with Crippen LogP contribution in [0, 0.1) is 17.7 Å². The molecule has 2 aromatic rings. The molecule has 0 amide bonds. The van der Waals surface area contributed by atoms with Crippen molar-refractivity contribution >= 4 is 34.0 Å². The Labute approximate surface area is 212 Å². The first-order chi connectivity index (χ1) is 16.7. The van der Waals surface area contributed by atoms with Crippen LogP contribution < -0.4 is 4.90 Å². The SMILES string of the molecule is CN1C(C2CCCCC2)CN(CC2CC2)c2cc(Cl)c(-c3ccc(F)c(C(=O)O)c3)cc2S1(O)O. The van der Waals surface area contributed by atoms with Gasteiger partial charge in [0, 0.05) is 31.7 Å². The molecule has 1 unspecified atom stereocenters. The molecule has 5 rings (SSSR count). The summed E-state index contributed by atoms with van der Waals surface area (Å²) >= 11 is 6.72. The molecule has 0 spiro atoms. The number of benzene rings is 2. The van der Waals surface area contributed by atoms with Crippen LogP contribution in [-0.4, -0.2) is 50.7 Å². The van der Waals surface area contributed by atoms with Crippen LogP contribution in [0.3, 0.4) is 0 Å². The molecule has 35 heavy (non-hydrogen) atoms. The summed E-state index contributed by atoms with van der Waals surface area (Å²) in [6.07, 6.45) is 8.06. The molecular weight excluding hydrogens is 491 g/mol. The van der Waals surface area contributed by atoms with Crippen molar-refractivity contribution in [2.75, 3.05) is 25.0 Å². The molecule has 2 fully saturated rings. The number of likely N-dealkylation sites (N-methyl/N-ethyl adjacent to an activating group) is 1. The molecule has 0 aromatic heterocycles. The minimum Gasteiger partial charge on any atom is -0.478 e. The van der Waals surface area contributed by atoms with Crippen LogP contribution in [-0.2, 0) is 0 Å².